The minimum absolute atomic E-state index is 0.571. The van der Waals surface area contributed by atoms with Gasteiger partial charge in [-0.3, -0.25) is 0 Å². The predicted octanol–water partition coefficient (Wildman–Crippen LogP) is 3.61. The molecule has 26 heavy (non-hydrogen) atoms. The van der Waals surface area contributed by atoms with Crippen molar-refractivity contribution in [3.8, 4) is 11.5 Å². The standard InChI is InChI=1S/C21H31N3O2/c22-25-16-15-23-13-6-1-2-7-14-24-18-19-9-8-12-21(17-19)26-20-10-4-3-5-11-20/h3-5,8-12,17,23-24H,1-2,6-7,13-16,18,22H2. The van der Waals surface area contributed by atoms with Crippen LogP contribution in [0, 0.1) is 0 Å². The van der Waals surface area contributed by atoms with Crippen LogP contribution in [0.25, 0.3) is 0 Å². The highest BCUT2D eigenvalue weighted by Crippen LogP contribution is 2.21. The molecule has 0 aliphatic carbocycles. The largest absolute Gasteiger partial charge is 0.457 e. The monoisotopic (exact) mass is 357 g/mol. The van der Waals surface area contributed by atoms with Gasteiger partial charge in [0.15, 0.2) is 0 Å². The third-order valence-electron chi connectivity index (χ3n) is 4.06. The molecule has 5 heteroatoms. The number of hydrogen-bond acceptors (Lipinski definition) is 5. The second kappa shape index (κ2) is 13.3. The highest BCUT2D eigenvalue weighted by Gasteiger charge is 1.99. The van der Waals surface area contributed by atoms with Crippen LogP contribution in [-0.2, 0) is 11.4 Å². The lowest BCUT2D eigenvalue weighted by atomic mass is 10.2. The van der Waals surface area contributed by atoms with E-state index in [2.05, 4.69) is 27.6 Å². The van der Waals surface area contributed by atoms with E-state index in [4.69, 9.17) is 10.6 Å². The summed E-state index contributed by atoms with van der Waals surface area (Å²) in [5, 5.41) is 6.81. The summed E-state index contributed by atoms with van der Waals surface area (Å²) in [5.41, 5.74) is 1.24. The summed E-state index contributed by atoms with van der Waals surface area (Å²) < 4.78 is 5.88. The summed E-state index contributed by atoms with van der Waals surface area (Å²) in [6, 6.07) is 18.1. The van der Waals surface area contributed by atoms with Crippen LogP contribution in [0.5, 0.6) is 11.5 Å². The number of nitrogens with one attached hydrogen (secondary N) is 2. The van der Waals surface area contributed by atoms with Crippen molar-refractivity contribution in [3.63, 3.8) is 0 Å². The second-order valence-corrected chi connectivity index (χ2v) is 6.27. The van der Waals surface area contributed by atoms with E-state index in [9.17, 15) is 0 Å². The van der Waals surface area contributed by atoms with Crippen LogP contribution in [0.4, 0.5) is 0 Å². The molecule has 142 valence electrons. The van der Waals surface area contributed by atoms with Crippen molar-refractivity contribution in [2.45, 2.75) is 32.2 Å². The molecule has 0 bridgehead atoms. The van der Waals surface area contributed by atoms with Crippen LogP contribution >= 0.6 is 0 Å². The number of benzene rings is 2. The Morgan fingerprint density at radius 2 is 1.46 bits per heavy atom. The lowest BCUT2D eigenvalue weighted by Gasteiger charge is -2.09. The number of hydrogen-bond donors (Lipinski definition) is 3. The van der Waals surface area contributed by atoms with Gasteiger partial charge in [0.1, 0.15) is 11.5 Å². The molecule has 2 rings (SSSR count). The maximum Gasteiger partial charge on any atom is 0.127 e. The van der Waals surface area contributed by atoms with E-state index >= 15 is 0 Å². The molecular weight excluding hydrogens is 326 g/mol. The summed E-state index contributed by atoms with van der Waals surface area (Å²) in [7, 11) is 0. The van der Waals surface area contributed by atoms with Crippen molar-refractivity contribution >= 4 is 0 Å². The fraction of sp³-hybridized carbons (Fsp3) is 0.429. The van der Waals surface area contributed by atoms with Gasteiger partial charge in [-0.25, -0.2) is 5.90 Å². The smallest absolute Gasteiger partial charge is 0.127 e. The molecule has 0 unspecified atom stereocenters. The van der Waals surface area contributed by atoms with E-state index in [0.717, 1.165) is 37.7 Å². The summed E-state index contributed by atoms with van der Waals surface area (Å²) in [4.78, 5) is 4.51. The van der Waals surface area contributed by atoms with E-state index in [-0.39, 0.29) is 0 Å². The van der Waals surface area contributed by atoms with Gasteiger partial charge in [0, 0.05) is 13.1 Å². The Kier molecular flexibility index (Phi) is 10.4. The van der Waals surface area contributed by atoms with Crippen LogP contribution in [-0.4, -0.2) is 26.2 Å². The number of ether oxygens (including phenoxy) is 1. The third kappa shape index (κ3) is 8.97. The molecule has 0 aliphatic rings. The molecule has 0 saturated heterocycles. The fourth-order valence-corrected chi connectivity index (χ4v) is 2.69. The zero-order valence-corrected chi connectivity index (χ0v) is 15.5. The fourth-order valence-electron chi connectivity index (χ4n) is 2.69. The van der Waals surface area contributed by atoms with Gasteiger partial charge in [-0.2, -0.15) is 0 Å². The SMILES string of the molecule is NOCCNCCCCCCNCc1cccc(Oc2ccccc2)c1. The molecule has 5 nitrogen and oxygen atoms in total. The zero-order chi connectivity index (χ0) is 18.3. The Morgan fingerprint density at radius 3 is 2.23 bits per heavy atom. The van der Waals surface area contributed by atoms with Gasteiger partial charge in [-0.1, -0.05) is 43.2 Å². The number of rotatable bonds is 14. The molecule has 2 aromatic rings. The summed E-state index contributed by atoms with van der Waals surface area (Å²) >= 11 is 0. The van der Waals surface area contributed by atoms with E-state index in [1.165, 1.54) is 31.2 Å². The molecule has 4 N–H and O–H groups in total. The van der Waals surface area contributed by atoms with Crippen LogP contribution in [0.1, 0.15) is 31.2 Å². The molecule has 0 saturated carbocycles. The molecule has 0 fully saturated rings. The first kappa shape index (κ1) is 20.4. The topological polar surface area (TPSA) is 68.5 Å². The van der Waals surface area contributed by atoms with E-state index < -0.39 is 0 Å². The average Bonchev–Trinajstić information content (AvgIpc) is 2.67. The lowest BCUT2D eigenvalue weighted by molar-refractivity contribution is 0.140. The number of nitrogens with two attached hydrogens (primary N) is 1. The first-order valence-electron chi connectivity index (χ1n) is 9.43. The molecule has 0 atom stereocenters. The Bertz CT molecular complexity index is 593. The molecule has 2 aromatic carbocycles. The molecule has 0 amide bonds. The average molecular weight is 357 g/mol. The van der Waals surface area contributed by atoms with Crippen molar-refractivity contribution < 1.29 is 9.57 Å². The van der Waals surface area contributed by atoms with E-state index in [0.29, 0.717) is 6.61 Å². The van der Waals surface area contributed by atoms with Gasteiger partial charge in [-0.05, 0) is 55.8 Å². The predicted molar refractivity (Wildman–Crippen MR) is 106 cm³/mol. The van der Waals surface area contributed by atoms with Crippen molar-refractivity contribution in [2.24, 2.45) is 5.90 Å². The molecule has 0 spiro atoms. The Hall–Kier alpha value is -1.92. The van der Waals surface area contributed by atoms with E-state index in [1.54, 1.807) is 0 Å². The highest BCUT2D eigenvalue weighted by atomic mass is 16.6. The second-order valence-electron chi connectivity index (χ2n) is 6.27. The summed E-state index contributed by atoms with van der Waals surface area (Å²) in [6.45, 7) is 4.34. The van der Waals surface area contributed by atoms with Crippen LogP contribution in [0.3, 0.4) is 0 Å². The molecular formula is C21H31N3O2. The van der Waals surface area contributed by atoms with Crippen LogP contribution in [0.2, 0.25) is 0 Å². The van der Waals surface area contributed by atoms with Gasteiger partial charge in [-0.15, -0.1) is 0 Å². The zero-order valence-electron chi connectivity index (χ0n) is 15.5. The van der Waals surface area contributed by atoms with Crippen molar-refractivity contribution in [2.75, 3.05) is 26.2 Å². The highest BCUT2D eigenvalue weighted by molar-refractivity contribution is 5.33. The molecule has 0 aromatic heterocycles. The van der Waals surface area contributed by atoms with Crippen molar-refractivity contribution in [1.29, 1.82) is 0 Å². The maximum absolute atomic E-state index is 5.88. The van der Waals surface area contributed by atoms with Gasteiger partial charge >= 0.3 is 0 Å². The minimum atomic E-state index is 0.571. The van der Waals surface area contributed by atoms with Crippen molar-refractivity contribution in [3.05, 3.63) is 60.2 Å². The normalized spacial score (nSPS) is 10.8. The first-order valence-corrected chi connectivity index (χ1v) is 9.43. The summed E-state index contributed by atoms with van der Waals surface area (Å²) in [6.07, 6.45) is 4.90. The molecule has 0 aliphatic heterocycles. The molecule has 0 heterocycles. The van der Waals surface area contributed by atoms with Gasteiger partial charge in [0.25, 0.3) is 0 Å². The van der Waals surface area contributed by atoms with Gasteiger partial charge in [0.2, 0.25) is 0 Å². The lowest BCUT2D eigenvalue weighted by Crippen LogP contribution is -2.22. The van der Waals surface area contributed by atoms with Crippen molar-refractivity contribution in [1.82, 2.24) is 10.6 Å². The van der Waals surface area contributed by atoms with Crippen LogP contribution < -0.4 is 21.3 Å². The molecule has 0 radical (unpaired) electrons. The number of unbranched alkanes of at least 4 members (excludes halogenated alkanes) is 3. The van der Waals surface area contributed by atoms with E-state index in [1.807, 2.05) is 42.5 Å². The minimum Gasteiger partial charge on any atom is -0.457 e. The Labute approximate surface area is 156 Å². The van der Waals surface area contributed by atoms with Gasteiger partial charge in [0.05, 0.1) is 6.61 Å². The third-order valence-corrected chi connectivity index (χ3v) is 4.06. The Morgan fingerprint density at radius 1 is 0.731 bits per heavy atom. The van der Waals surface area contributed by atoms with Crippen LogP contribution in [0.15, 0.2) is 54.6 Å². The maximum atomic E-state index is 5.88. The quantitative estimate of drug-likeness (QED) is 0.356. The number of para-hydroxylation sites is 1. The van der Waals surface area contributed by atoms with Gasteiger partial charge < -0.3 is 20.2 Å². The summed E-state index contributed by atoms with van der Waals surface area (Å²) in [5.74, 6) is 6.71. The first-order chi connectivity index (χ1) is 12.9. The Balaban J connectivity index is 1.54.